The summed E-state index contributed by atoms with van der Waals surface area (Å²) in [5, 5.41) is 19.1. The van der Waals surface area contributed by atoms with Crippen LogP contribution >= 0.6 is 0 Å². The summed E-state index contributed by atoms with van der Waals surface area (Å²) >= 11 is 0. The number of aliphatic hydroxyl groups excluding tert-OH is 1. The van der Waals surface area contributed by atoms with Crippen molar-refractivity contribution < 1.29 is 9.90 Å². The van der Waals surface area contributed by atoms with Crippen LogP contribution in [0.1, 0.15) is 21.6 Å². The maximum Gasteiger partial charge on any atom is 0.269 e. The molecule has 23 heavy (non-hydrogen) atoms. The molecule has 2 aromatic carbocycles. The van der Waals surface area contributed by atoms with Gasteiger partial charge in [-0.1, -0.05) is 54.6 Å². The van der Waals surface area contributed by atoms with Crippen molar-refractivity contribution in [2.45, 2.75) is 13.2 Å². The number of hydrogen-bond donors (Lipinski definition) is 3. The third-order valence-electron chi connectivity index (χ3n) is 3.62. The van der Waals surface area contributed by atoms with Crippen molar-refractivity contribution in [1.29, 1.82) is 0 Å². The molecule has 3 rings (SSSR count). The molecule has 0 spiro atoms. The lowest BCUT2D eigenvalue weighted by Crippen LogP contribution is -2.23. The largest absolute Gasteiger partial charge is 0.392 e. The number of nitrogens with one attached hydrogen (secondary N) is 2. The Morgan fingerprint density at radius 3 is 2.48 bits per heavy atom. The van der Waals surface area contributed by atoms with Gasteiger partial charge in [0.15, 0.2) is 0 Å². The molecular weight excluding hydrogens is 290 g/mol. The number of carbonyl (C=O) groups excluding carboxylic acids is 1. The normalized spacial score (nSPS) is 10.5. The second-order valence-electron chi connectivity index (χ2n) is 5.14. The van der Waals surface area contributed by atoms with Gasteiger partial charge in [0, 0.05) is 12.1 Å². The van der Waals surface area contributed by atoms with Crippen molar-refractivity contribution in [2.24, 2.45) is 0 Å². The zero-order valence-corrected chi connectivity index (χ0v) is 12.5. The first-order valence-electron chi connectivity index (χ1n) is 7.34. The number of H-pyrrole nitrogens is 1. The zero-order valence-electron chi connectivity index (χ0n) is 12.5. The Balaban J connectivity index is 1.68. The first kappa shape index (κ1) is 15.0. The predicted molar refractivity (Wildman–Crippen MR) is 87.6 cm³/mol. The van der Waals surface area contributed by atoms with Crippen LogP contribution in [0.2, 0.25) is 0 Å². The van der Waals surface area contributed by atoms with Gasteiger partial charge in [-0.05, 0) is 17.2 Å². The van der Waals surface area contributed by atoms with E-state index in [-0.39, 0.29) is 12.5 Å². The monoisotopic (exact) mass is 307 g/mol. The van der Waals surface area contributed by atoms with Crippen molar-refractivity contribution in [3.63, 3.8) is 0 Å². The van der Waals surface area contributed by atoms with Crippen LogP contribution in [0.25, 0.3) is 11.3 Å². The number of rotatable bonds is 5. The Morgan fingerprint density at radius 2 is 1.74 bits per heavy atom. The highest BCUT2D eigenvalue weighted by Crippen LogP contribution is 2.17. The highest BCUT2D eigenvalue weighted by Gasteiger charge is 2.11. The molecule has 3 N–H and O–H groups in total. The molecule has 116 valence electrons. The van der Waals surface area contributed by atoms with Gasteiger partial charge in [0.1, 0.15) is 5.69 Å². The van der Waals surface area contributed by atoms with E-state index in [2.05, 4.69) is 15.5 Å². The molecule has 3 aromatic rings. The van der Waals surface area contributed by atoms with Crippen molar-refractivity contribution >= 4 is 5.91 Å². The Hall–Kier alpha value is -2.92. The minimum absolute atomic E-state index is 0.0474. The lowest BCUT2D eigenvalue weighted by atomic mass is 10.1. The van der Waals surface area contributed by atoms with Gasteiger partial charge in [0.2, 0.25) is 0 Å². The van der Waals surface area contributed by atoms with Gasteiger partial charge in [-0.2, -0.15) is 5.10 Å². The number of aliphatic hydroxyl groups is 1. The molecule has 0 atom stereocenters. The van der Waals surface area contributed by atoms with E-state index < -0.39 is 0 Å². The van der Waals surface area contributed by atoms with Gasteiger partial charge >= 0.3 is 0 Å². The van der Waals surface area contributed by atoms with E-state index in [4.69, 9.17) is 0 Å². The summed E-state index contributed by atoms with van der Waals surface area (Å²) in [6.07, 6.45) is 0. The summed E-state index contributed by atoms with van der Waals surface area (Å²) in [5.41, 5.74) is 3.79. The van der Waals surface area contributed by atoms with E-state index in [0.29, 0.717) is 12.2 Å². The summed E-state index contributed by atoms with van der Waals surface area (Å²) < 4.78 is 0. The van der Waals surface area contributed by atoms with Gasteiger partial charge < -0.3 is 10.4 Å². The lowest BCUT2D eigenvalue weighted by molar-refractivity contribution is 0.0945. The number of carbonyl (C=O) groups is 1. The van der Waals surface area contributed by atoms with E-state index in [1.165, 1.54) is 0 Å². The molecule has 1 heterocycles. The number of hydrogen-bond acceptors (Lipinski definition) is 3. The van der Waals surface area contributed by atoms with E-state index in [9.17, 15) is 9.90 Å². The molecule has 0 saturated heterocycles. The van der Waals surface area contributed by atoms with Crippen molar-refractivity contribution in [1.82, 2.24) is 15.5 Å². The average molecular weight is 307 g/mol. The van der Waals surface area contributed by atoms with Gasteiger partial charge in [0.05, 0.1) is 12.3 Å². The summed E-state index contributed by atoms with van der Waals surface area (Å²) in [6, 6.07) is 18.8. The standard InChI is InChI=1S/C18H17N3O2/c22-12-15-9-5-4-8-14(15)11-19-18(23)17-10-16(20-21-17)13-6-2-1-3-7-13/h1-10,22H,11-12H2,(H,19,23)(H,20,21). The first-order chi connectivity index (χ1) is 11.3. The molecule has 0 aliphatic rings. The molecule has 0 radical (unpaired) electrons. The number of nitrogens with zero attached hydrogens (tertiary/aromatic N) is 1. The van der Waals surface area contributed by atoms with Crippen LogP contribution in [-0.4, -0.2) is 21.2 Å². The van der Waals surface area contributed by atoms with Crippen LogP contribution in [0.3, 0.4) is 0 Å². The summed E-state index contributed by atoms with van der Waals surface area (Å²) in [6.45, 7) is 0.309. The quantitative estimate of drug-likeness (QED) is 0.677. The first-order valence-corrected chi connectivity index (χ1v) is 7.34. The van der Waals surface area contributed by atoms with Crippen LogP contribution < -0.4 is 5.32 Å². The summed E-state index contributed by atoms with van der Waals surface area (Å²) in [7, 11) is 0. The van der Waals surface area contributed by atoms with Crippen molar-refractivity contribution in [3.05, 3.63) is 77.5 Å². The van der Waals surface area contributed by atoms with Crippen LogP contribution in [0.5, 0.6) is 0 Å². The SMILES string of the molecule is O=C(NCc1ccccc1CO)c1cc(-c2ccccc2)n[nH]1. The molecule has 0 fully saturated rings. The van der Waals surface area contributed by atoms with Crippen LogP contribution in [-0.2, 0) is 13.2 Å². The molecule has 0 aliphatic carbocycles. The minimum Gasteiger partial charge on any atom is -0.392 e. The van der Waals surface area contributed by atoms with E-state index in [1.54, 1.807) is 6.07 Å². The van der Waals surface area contributed by atoms with E-state index >= 15 is 0 Å². The third kappa shape index (κ3) is 3.46. The fourth-order valence-corrected chi connectivity index (χ4v) is 2.35. The van der Waals surface area contributed by atoms with Crippen molar-refractivity contribution in [2.75, 3.05) is 0 Å². The molecule has 0 unspecified atom stereocenters. The van der Waals surface area contributed by atoms with Gasteiger partial charge in [-0.3, -0.25) is 9.89 Å². The smallest absolute Gasteiger partial charge is 0.269 e. The van der Waals surface area contributed by atoms with Crippen molar-refractivity contribution in [3.8, 4) is 11.3 Å². The van der Waals surface area contributed by atoms with E-state index in [0.717, 1.165) is 22.4 Å². The Labute approximate surface area is 134 Å². The molecule has 1 amide bonds. The number of aromatic nitrogens is 2. The van der Waals surface area contributed by atoms with Gasteiger partial charge in [-0.25, -0.2) is 0 Å². The summed E-state index contributed by atoms with van der Waals surface area (Å²) in [4.78, 5) is 12.2. The average Bonchev–Trinajstić information content (AvgIpc) is 3.11. The van der Waals surface area contributed by atoms with Gasteiger partial charge in [0.25, 0.3) is 5.91 Å². The van der Waals surface area contributed by atoms with Crippen LogP contribution in [0.15, 0.2) is 60.7 Å². The summed E-state index contributed by atoms with van der Waals surface area (Å²) in [5.74, 6) is -0.229. The highest BCUT2D eigenvalue weighted by molar-refractivity contribution is 5.93. The molecular formula is C18H17N3O2. The fraction of sp³-hybridized carbons (Fsp3) is 0.111. The number of aromatic amines is 1. The molecule has 0 saturated carbocycles. The van der Waals surface area contributed by atoms with Crippen LogP contribution in [0, 0.1) is 0 Å². The Bertz CT molecular complexity index is 797. The molecule has 5 nitrogen and oxygen atoms in total. The number of amides is 1. The molecule has 5 heteroatoms. The van der Waals surface area contributed by atoms with E-state index in [1.807, 2.05) is 54.6 Å². The van der Waals surface area contributed by atoms with Gasteiger partial charge in [-0.15, -0.1) is 0 Å². The number of benzene rings is 2. The maximum atomic E-state index is 12.2. The maximum absolute atomic E-state index is 12.2. The topological polar surface area (TPSA) is 78.0 Å². The minimum atomic E-state index is -0.229. The zero-order chi connectivity index (χ0) is 16.1. The van der Waals surface area contributed by atoms with Crippen LogP contribution in [0.4, 0.5) is 0 Å². The second-order valence-corrected chi connectivity index (χ2v) is 5.14. The highest BCUT2D eigenvalue weighted by atomic mass is 16.3. The Kier molecular flexibility index (Phi) is 4.49. The fourth-order valence-electron chi connectivity index (χ4n) is 2.35. The second kappa shape index (κ2) is 6.89. The molecule has 0 bridgehead atoms. The Morgan fingerprint density at radius 1 is 1.04 bits per heavy atom. The lowest BCUT2D eigenvalue weighted by Gasteiger charge is -2.07. The molecule has 0 aliphatic heterocycles. The predicted octanol–water partition coefficient (Wildman–Crippen LogP) is 2.50. The molecule has 1 aromatic heterocycles. The third-order valence-corrected chi connectivity index (χ3v) is 3.62.